The van der Waals surface area contributed by atoms with Gasteiger partial charge in [0.1, 0.15) is 11.6 Å². The van der Waals surface area contributed by atoms with E-state index in [-0.39, 0.29) is 11.7 Å². The van der Waals surface area contributed by atoms with Crippen molar-refractivity contribution in [3.63, 3.8) is 0 Å². The Hall–Kier alpha value is -0.610. The summed E-state index contributed by atoms with van der Waals surface area (Å²) in [6.07, 6.45) is 0.996. The van der Waals surface area contributed by atoms with Crippen LogP contribution in [0.5, 0.6) is 5.75 Å². The van der Waals surface area contributed by atoms with Crippen molar-refractivity contribution in [1.29, 1.82) is 0 Å². The fraction of sp³-hybridized carbons (Fsp3) is 0.455. The third-order valence-electron chi connectivity index (χ3n) is 2.80. The van der Waals surface area contributed by atoms with Gasteiger partial charge < -0.3 is 10.1 Å². The Morgan fingerprint density at radius 1 is 1.53 bits per heavy atom. The van der Waals surface area contributed by atoms with E-state index in [0.29, 0.717) is 10.2 Å². The highest BCUT2D eigenvalue weighted by molar-refractivity contribution is 9.10. The number of methoxy groups -OCH3 is 1. The highest BCUT2D eigenvalue weighted by atomic mass is 79.9. The lowest BCUT2D eigenvalue weighted by Gasteiger charge is -2.13. The van der Waals surface area contributed by atoms with Crippen molar-refractivity contribution in [1.82, 2.24) is 5.32 Å². The second-order valence-electron chi connectivity index (χ2n) is 3.67. The number of hydrogen-bond donors (Lipinski definition) is 1. The summed E-state index contributed by atoms with van der Waals surface area (Å²) < 4.78 is 19.4. The van der Waals surface area contributed by atoms with E-state index in [1.807, 2.05) is 6.07 Å². The van der Waals surface area contributed by atoms with E-state index in [9.17, 15) is 4.39 Å². The quantitative estimate of drug-likeness (QED) is 0.895. The molecule has 1 aliphatic rings. The minimum atomic E-state index is -0.192. The molecule has 0 aliphatic carbocycles. The number of hydrogen-bond acceptors (Lipinski definition) is 2. The summed E-state index contributed by atoms with van der Waals surface area (Å²) in [5.74, 6) is 0.637. The Balaban J connectivity index is 2.36. The van der Waals surface area contributed by atoms with Gasteiger partial charge in [-0.25, -0.2) is 4.39 Å². The van der Waals surface area contributed by atoms with Crippen molar-refractivity contribution in [2.75, 3.05) is 20.2 Å². The molecule has 0 radical (unpaired) electrons. The van der Waals surface area contributed by atoms with Gasteiger partial charge in [-0.2, -0.15) is 0 Å². The molecule has 15 heavy (non-hydrogen) atoms. The molecule has 0 bridgehead atoms. The molecule has 1 saturated heterocycles. The van der Waals surface area contributed by atoms with Crippen LogP contribution in [-0.2, 0) is 0 Å². The van der Waals surface area contributed by atoms with Gasteiger partial charge in [0.2, 0.25) is 0 Å². The monoisotopic (exact) mass is 273 g/mol. The number of halogens is 2. The summed E-state index contributed by atoms with van der Waals surface area (Å²) >= 11 is 3.22. The molecule has 2 rings (SSSR count). The van der Waals surface area contributed by atoms with Crippen LogP contribution in [0.2, 0.25) is 0 Å². The highest BCUT2D eigenvalue weighted by Crippen LogP contribution is 2.34. The fourth-order valence-corrected chi connectivity index (χ4v) is 2.46. The minimum absolute atomic E-state index is 0.192. The van der Waals surface area contributed by atoms with Crippen molar-refractivity contribution in [3.05, 3.63) is 28.0 Å². The molecule has 2 nitrogen and oxygen atoms in total. The molecule has 0 saturated carbocycles. The molecule has 0 spiro atoms. The number of benzene rings is 1. The lowest BCUT2D eigenvalue weighted by Crippen LogP contribution is -2.09. The van der Waals surface area contributed by atoms with Crippen LogP contribution >= 0.6 is 15.9 Å². The van der Waals surface area contributed by atoms with Gasteiger partial charge in [0.25, 0.3) is 0 Å². The van der Waals surface area contributed by atoms with Gasteiger partial charge in [0.15, 0.2) is 0 Å². The third-order valence-corrected chi connectivity index (χ3v) is 3.54. The molecule has 1 aromatic rings. The van der Waals surface area contributed by atoms with Gasteiger partial charge in [-0.1, -0.05) is 6.07 Å². The highest BCUT2D eigenvalue weighted by Gasteiger charge is 2.22. The van der Waals surface area contributed by atoms with Gasteiger partial charge in [-0.05, 0) is 40.5 Å². The van der Waals surface area contributed by atoms with E-state index in [2.05, 4.69) is 21.2 Å². The lowest BCUT2D eigenvalue weighted by molar-refractivity contribution is 0.406. The van der Waals surface area contributed by atoms with Crippen molar-refractivity contribution >= 4 is 15.9 Å². The van der Waals surface area contributed by atoms with Gasteiger partial charge in [0.05, 0.1) is 11.6 Å². The minimum Gasteiger partial charge on any atom is -0.495 e. The SMILES string of the molecule is COc1ccc(C2CCNC2)c(F)c1Br. The maximum atomic E-state index is 13.9. The predicted molar refractivity (Wildman–Crippen MR) is 60.9 cm³/mol. The third kappa shape index (κ3) is 2.01. The Bertz CT molecular complexity index is 364. The molecule has 1 aromatic carbocycles. The zero-order valence-electron chi connectivity index (χ0n) is 8.52. The van der Waals surface area contributed by atoms with Crippen LogP contribution in [0.4, 0.5) is 4.39 Å². The second-order valence-corrected chi connectivity index (χ2v) is 4.47. The lowest BCUT2D eigenvalue weighted by atomic mass is 9.98. The molecule has 1 atom stereocenters. The molecule has 0 amide bonds. The average Bonchev–Trinajstić information content (AvgIpc) is 2.75. The van der Waals surface area contributed by atoms with Crippen LogP contribution in [0.3, 0.4) is 0 Å². The van der Waals surface area contributed by atoms with E-state index < -0.39 is 0 Å². The topological polar surface area (TPSA) is 21.3 Å². The van der Waals surface area contributed by atoms with Crippen LogP contribution in [0.1, 0.15) is 17.9 Å². The summed E-state index contributed by atoms with van der Waals surface area (Å²) in [6.45, 7) is 1.82. The molecular formula is C11H13BrFNO. The van der Waals surface area contributed by atoms with Crippen molar-refractivity contribution in [2.24, 2.45) is 0 Å². The van der Waals surface area contributed by atoms with Crippen LogP contribution in [0.15, 0.2) is 16.6 Å². The van der Waals surface area contributed by atoms with E-state index >= 15 is 0 Å². The Morgan fingerprint density at radius 3 is 2.93 bits per heavy atom. The summed E-state index contributed by atoms with van der Waals surface area (Å²) in [6, 6.07) is 3.62. The molecule has 1 N–H and O–H groups in total. The Labute approximate surface area is 96.9 Å². The first-order valence-corrected chi connectivity index (χ1v) is 5.76. The maximum absolute atomic E-state index is 13.9. The predicted octanol–water partition coefficient (Wildman–Crippen LogP) is 2.67. The molecule has 0 aromatic heterocycles. The summed E-state index contributed by atoms with van der Waals surface area (Å²) in [5, 5.41) is 3.23. The van der Waals surface area contributed by atoms with E-state index in [1.54, 1.807) is 6.07 Å². The first kappa shape index (κ1) is 10.9. The van der Waals surface area contributed by atoms with Crippen LogP contribution in [-0.4, -0.2) is 20.2 Å². The smallest absolute Gasteiger partial charge is 0.144 e. The van der Waals surface area contributed by atoms with Crippen LogP contribution in [0, 0.1) is 5.82 Å². The van der Waals surface area contributed by atoms with E-state index in [0.717, 1.165) is 25.1 Å². The van der Waals surface area contributed by atoms with Crippen molar-refractivity contribution in [2.45, 2.75) is 12.3 Å². The van der Waals surface area contributed by atoms with Crippen LogP contribution < -0.4 is 10.1 Å². The van der Waals surface area contributed by atoms with E-state index in [1.165, 1.54) is 7.11 Å². The Kier molecular flexibility index (Phi) is 3.26. The fourth-order valence-electron chi connectivity index (χ4n) is 1.94. The first-order valence-electron chi connectivity index (χ1n) is 4.96. The van der Waals surface area contributed by atoms with E-state index in [4.69, 9.17) is 4.74 Å². The zero-order chi connectivity index (χ0) is 10.8. The molecule has 1 aliphatic heterocycles. The number of nitrogens with one attached hydrogen (secondary N) is 1. The molecule has 4 heteroatoms. The number of ether oxygens (including phenoxy) is 1. The molecule has 1 heterocycles. The zero-order valence-corrected chi connectivity index (χ0v) is 10.1. The largest absolute Gasteiger partial charge is 0.495 e. The average molecular weight is 274 g/mol. The molecule has 82 valence electrons. The van der Waals surface area contributed by atoms with Gasteiger partial charge >= 0.3 is 0 Å². The van der Waals surface area contributed by atoms with Gasteiger partial charge in [-0.15, -0.1) is 0 Å². The summed E-state index contributed by atoms with van der Waals surface area (Å²) in [4.78, 5) is 0. The van der Waals surface area contributed by atoms with Crippen molar-refractivity contribution in [3.8, 4) is 5.75 Å². The number of rotatable bonds is 2. The summed E-state index contributed by atoms with van der Waals surface area (Å²) in [7, 11) is 1.54. The molecular weight excluding hydrogens is 261 g/mol. The summed E-state index contributed by atoms with van der Waals surface area (Å²) in [5.41, 5.74) is 0.771. The van der Waals surface area contributed by atoms with Crippen molar-refractivity contribution < 1.29 is 9.13 Å². The van der Waals surface area contributed by atoms with Crippen LogP contribution in [0.25, 0.3) is 0 Å². The second kappa shape index (κ2) is 4.49. The molecule has 1 fully saturated rings. The normalized spacial score (nSPS) is 20.6. The Morgan fingerprint density at radius 2 is 2.33 bits per heavy atom. The first-order chi connectivity index (χ1) is 7.24. The molecule has 1 unspecified atom stereocenters. The van der Waals surface area contributed by atoms with Gasteiger partial charge in [0, 0.05) is 12.5 Å². The van der Waals surface area contributed by atoms with Gasteiger partial charge in [-0.3, -0.25) is 0 Å². The standard InChI is InChI=1S/C11H13BrFNO/c1-15-9-3-2-8(11(13)10(9)12)7-4-5-14-6-7/h2-3,7,14H,4-6H2,1H3. The maximum Gasteiger partial charge on any atom is 0.144 e.